The molecule has 1 aromatic heterocycles. The van der Waals surface area contributed by atoms with Crippen molar-refractivity contribution in [3.63, 3.8) is 0 Å². The summed E-state index contributed by atoms with van der Waals surface area (Å²) < 4.78 is 8.28. The first kappa shape index (κ1) is 13.6. The van der Waals surface area contributed by atoms with Gasteiger partial charge in [0.25, 0.3) is 0 Å². The monoisotopic (exact) mass is 346 g/mol. The first-order valence-electron chi connectivity index (χ1n) is 5.21. The predicted molar refractivity (Wildman–Crippen MR) is 82.7 cm³/mol. The maximum atomic E-state index is 6.18. The zero-order valence-corrected chi connectivity index (χ0v) is 12.6. The largest absolute Gasteiger partial charge is 0.382 e. The van der Waals surface area contributed by atoms with Crippen LogP contribution >= 0.6 is 34.8 Å². The Bertz CT molecular complexity index is 787. The van der Waals surface area contributed by atoms with E-state index in [-0.39, 0.29) is 10.8 Å². The summed E-state index contributed by atoms with van der Waals surface area (Å²) in [5.74, 6) is 0.500. The summed E-state index contributed by atoms with van der Waals surface area (Å²) >= 11 is 19.3. The Morgan fingerprint density at radius 3 is 2.60 bits per heavy atom. The van der Waals surface area contributed by atoms with Gasteiger partial charge in [0.15, 0.2) is 5.82 Å². The number of rotatable bonds is 2. The topological polar surface area (TPSA) is 88.5 Å². The van der Waals surface area contributed by atoms with Crippen molar-refractivity contribution in [2.45, 2.75) is 0 Å². The fourth-order valence-electron chi connectivity index (χ4n) is 1.58. The van der Waals surface area contributed by atoms with Crippen molar-refractivity contribution in [2.75, 3.05) is 11.1 Å². The van der Waals surface area contributed by atoms with Gasteiger partial charge < -0.3 is 11.1 Å². The summed E-state index contributed by atoms with van der Waals surface area (Å²) in [6.45, 7) is 0. The molecule has 0 radical (unpaired) electrons. The molecular formula is C10H5Cl3N6S. The van der Waals surface area contributed by atoms with Crippen molar-refractivity contribution >= 4 is 74.9 Å². The molecule has 2 heterocycles. The number of halogens is 3. The zero-order valence-electron chi connectivity index (χ0n) is 9.56. The Labute approximate surface area is 132 Å². The molecule has 0 aliphatic carbocycles. The third kappa shape index (κ3) is 2.22. The predicted octanol–water partition coefficient (Wildman–Crippen LogP) is 4.49. The minimum absolute atomic E-state index is 0.168. The molecule has 0 saturated carbocycles. The number of nitrogens with two attached hydrogens (primary N) is 1. The van der Waals surface area contributed by atoms with E-state index in [2.05, 4.69) is 24.0 Å². The Kier molecular flexibility index (Phi) is 3.51. The van der Waals surface area contributed by atoms with Crippen LogP contribution in [0.1, 0.15) is 0 Å². The fourth-order valence-corrected chi connectivity index (χ4v) is 2.89. The van der Waals surface area contributed by atoms with E-state index in [4.69, 9.17) is 40.5 Å². The van der Waals surface area contributed by atoms with Gasteiger partial charge in [0.05, 0.1) is 27.1 Å². The van der Waals surface area contributed by atoms with Crippen LogP contribution in [0.25, 0.3) is 0 Å². The molecule has 0 fully saturated rings. The van der Waals surface area contributed by atoms with Gasteiger partial charge in [-0.05, 0) is 6.07 Å². The van der Waals surface area contributed by atoms with Crippen molar-refractivity contribution in [2.24, 2.45) is 8.73 Å². The number of nitrogens with zero attached hydrogens (tertiary/aromatic N) is 4. The van der Waals surface area contributed by atoms with Crippen LogP contribution in [0.15, 0.2) is 21.1 Å². The highest BCUT2D eigenvalue weighted by Crippen LogP contribution is 2.48. The Hall–Kier alpha value is -1.41. The number of hydrogen-bond donors (Lipinski definition) is 2. The van der Waals surface area contributed by atoms with Gasteiger partial charge in [-0.2, -0.15) is 8.73 Å². The molecular weight excluding hydrogens is 343 g/mol. The molecule has 0 saturated heterocycles. The van der Waals surface area contributed by atoms with Crippen molar-refractivity contribution in [1.82, 2.24) is 9.97 Å². The molecule has 3 N–H and O–H groups in total. The fraction of sp³-hybridized carbons (Fsp3) is 0. The summed E-state index contributed by atoms with van der Waals surface area (Å²) in [5.41, 5.74) is 7.24. The van der Waals surface area contributed by atoms with Gasteiger partial charge >= 0.3 is 0 Å². The number of benzene rings is 1. The molecule has 6 nitrogen and oxygen atoms in total. The molecule has 0 atom stereocenters. The van der Waals surface area contributed by atoms with Gasteiger partial charge in [-0.3, -0.25) is 0 Å². The maximum Gasteiger partial charge on any atom is 0.154 e. The zero-order chi connectivity index (χ0) is 14.3. The lowest BCUT2D eigenvalue weighted by Gasteiger charge is -2.12. The van der Waals surface area contributed by atoms with E-state index in [1.807, 2.05) is 0 Å². The molecule has 0 spiro atoms. The Morgan fingerprint density at radius 1 is 1.05 bits per heavy atom. The van der Waals surface area contributed by atoms with Crippen molar-refractivity contribution < 1.29 is 0 Å². The summed E-state index contributed by atoms with van der Waals surface area (Å²) in [5, 5.41) is 4.00. The first-order valence-corrected chi connectivity index (χ1v) is 7.07. The number of nitrogen functional groups attached to an aromatic ring is 1. The lowest BCUT2D eigenvalue weighted by molar-refractivity contribution is 1.18. The second kappa shape index (κ2) is 5.17. The SMILES string of the molecule is Nc1ncnc(Nc2c(Cl)cc(Cl)c3c2N=S=N3)c1Cl. The third-order valence-corrected chi connectivity index (χ3v) is 3.99. The van der Waals surface area contributed by atoms with E-state index in [1.165, 1.54) is 6.33 Å². The molecule has 1 aromatic carbocycles. The quantitative estimate of drug-likeness (QED) is 0.715. The highest BCUT2D eigenvalue weighted by atomic mass is 35.5. The number of anilines is 3. The van der Waals surface area contributed by atoms with E-state index < -0.39 is 0 Å². The van der Waals surface area contributed by atoms with E-state index in [1.54, 1.807) is 6.07 Å². The van der Waals surface area contributed by atoms with Crippen LogP contribution in [-0.2, 0) is 11.4 Å². The smallest absolute Gasteiger partial charge is 0.154 e. The molecule has 1 aliphatic heterocycles. The van der Waals surface area contributed by atoms with Crippen LogP contribution in [0.5, 0.6) is 0 Å². The van der Waals surface area contributed by atoms with Crippen molar-refractivity contribution in [3.8, 4) is 0 Å². The second-order valence-electron chi connectivity index (χ2n) is 3.72. The lowest BCUT2D eigenvalue weighted by atomic mass is 10.2. The van der Waals surface area contributed by atoms with Crippen LogP contribution in [0, 0.1) is 0 Å². The van der Waals surface area contributed by atoms with E-state index in [0.29, 0.717) is 32.9 Å². The van der Waals surface area contributed by atoms with Gasteiger partial charge in [0.1, 0.15) is 28.5 Å². The first-order chi connectivity index (χ1) is 9.58. The van der Waals surface area contributed by atoms with E-state index in [0.717, 1.165) is 11.4 Å². The van der Waals surface area contributed by atoms with Gasteiger partial charge in [-0.1, -0.05) is 34.8 Å². The molecule has 3 rings (SSSR count). The maximum absolute atomic E-state index is 6.18. The van der Waals surface area contributed by atoms with Crippen molar-refractivity contribution in [1.29, 1.82) is 0 Å². The van der Waals surface area contributed by atoms with Crippen LogP contribution in [0.2, 0.25) is 15.1 Å². The molecule has 0 bridgehead atoms. The van der Waals surface area contributed by atoms with Crippen LogP contribution in [-0.4, -0.2) is 9.97 Å². The van der Waals surface area contributed by atoms with Crippen LogP contribution < -0.4 is 11.1 Å². The Balaban J connectivity index is 2.11. The van der Waals surface area contributed by atoms with Gasteiger partial charge in [-0.25, -0.2) is 9.97 Å². The van der Waals surface area contributed by atoms with E-state index >= 15 is 0 Å². The number of fused-ring (bicyclic) bond motifs is 1. The molecule has 0 unspecified atom stereocenters. The lowest BCUT2D eigenvalue weighted by Crippen LogP contribution is -2.00. The van der Waals surface area contributed by atoms with Crippen LogP contribution in [0.4, 0.5) is 28.7 Å². The van der Waals surface area contributed by atoms with Gasteiger partial charge in [0.2, 0.25) is 0 Å². The minimum Gasteiger partial charge on any atom is -0.382 e. The van der Waals surface area contributed by atoms with Crippen molar-refractivity contribution in [3.05, 3.63) is 27.5 Å². The normalized spacial score (nSPS) is 12.2. The number of hydrogen-bond acceptors (Lipinski definition) is 6. The van der Waals surface area contributed by atoms with Gasteiger partial charge in [-0.15, -0.1) is 0 Å². The molecule has 10 heteroatoms. The molecule has 0 amide bonds. The third-order valence-electron chi connectivity index (χ3n) is 2.50. The van der Waals surface area contributed by atoms with Crippen LogP contribution in [0.3, 0.4) is 0 Å². The summed E-state index contributed by atoms with van der Waals surface area (Å²) in [6, 6.07) is 1.58. The van der Waals surface area contributed by atoms with E-state index in [9.17, 15) is 0 Å². The van der Waals surface area contributed by atoms with Gasteiger partial charge in [0, 0.05) is 0 Å². The molecule has 2 aromatic rings. The average molecular weight is 348 g/mol. The second-order valence-corrected chi connectivity index (χ2v) is 5.44. The number of nitrogens with one attached hydrogen (secondary N) is 1. The molecule has 1 aliphatic rings. The molecule has 102 valence electrons. The number of aromatic nitrogens is 2. The minimum atomic E-state index is 0.168. The summed E-state index contributed by atoms with van der Waals surface area (Å²) in [7, 11) is 0. The Morgan fingerprint density at radius 2 is 1.80 bits per heavy atom. The molecule has 20 heavy (non-hydrogen) atoms. The average Bonchev–Trinajstić information content (AvgIpc) is 2.89. The standard InChI is InChI=1S/C10H5Cl3N6S/c11-3-1-4(12)7-8(19-20-18-7)6(3)17-10-5(13)9(14)15-2-16-10/h1-2H,(H3,14,15,16,17). The summed E-state index contributed by atoms with van der Waals surface area (Å²) in [6.07, 6.45) is 1.30. The summed E-state index contributed by atoms with van der Waals surface area (Å²) in [4.78, 5) is 7.80. The highest BCUT2D eigenvalue weighted by Gasteiger charge is 2.20. The highest BCUT2D eigenvalue weighted by molar-refractivity contribution is 7.58.